The number of nitrogen functional groups attached to an aromatic ring is 2. The molecule has 9 heteroatoms. The van der Waals surface area contributed by atoms with Gasteiger partial charge in [-0.15, -0.1) is 0 Å². The first-order chi connectivity index (χ1) is 13.0. The highest BCUT2D eigenvalue weighted by Gasteiger charge is 2.42. The third-order valence-electron chi connectivity index (χ3n) is 5.86. The highest BCUT2D eigenvalue weighted by atomic mass is 35.5. The van der Waals surface area contributed by atoms with Crippen LogP contribution < -0.4 is 22.1 Å². The lowest BCUT2D eigenvalue weighted by Gasteiger charge is -2.42. The molecule has 2 aliphatic rings. The van der Waals surface area contributed by atoms with Crippen LogP contribution in [0.1, 0.15) is 32.1 Å². The summed E-state index contributed by atoms with van der Waals surface area (Å²) in [4.78, 5) is 16.1. The first-order valence-corrected chi connectivity index (χ1v) is 10.4. The minimum atomic E-state index is 0.219. The summed E-state index contributed by atoms with van der Waals surface area (Å²) in [5.41, 5.74) is 18.2. The fourth-order valence-electron chi connectivity index (χ4n) is 4.22. The molecule has 27 heavy (non-hydrogen) atoms. The Morgan fingerprint density at radius 2 is 1.93 bits per heavy atom. The van der Waals surface area contributed by atoms with Gasteiger partial charge in [-0.25, -0.2) is 15.0 Å². The Hall–Kier alpha value is -1.77. The van der Waals surface area contributed by atoms with Gasteiger partial charge in [0.05, 0.1) is 17.4 Å². The van der Waals surface area contributed by atoms with Crippen molar-refractivity contribution in [3.05, 3.63) is 23.5 Å². The molecule has 0 amide bonds. The number of hydrogen-bond acceptors (Lipinski definition) is 8. The first-order valence-electron chi connectivity index (χ1n) is 9.19. The van der Waals surface area contributed by atoms with E-state index in [1.807, 2.05) is 6.20 Å². The number of piperidine rings is 1. The van der Waals surface area contributed by atoms with E-state index in [4.69, 9.17) is 28.8 Å². The van der Waals surface area contributed by atoms with E-state index in [0.717, 1.165) is 48.1 Å². The van der Waals surface area contributed by atoms with Gasteiger partial charge < -0.3 is 22.1 Å². The molecule has 0 aromatic carbocycles. The van der Waals surface area contributed by atoms with Crippen molar-refractivity contribution in [1.82, 2.24) is 15.0 Å². The summed E-state index contributed by atoms with van der Waals surface area (Å²) >= 11 is 7.58. The van der Waals surface area contributed by atoms with Crippen LogP contribution in [0.2, 0.25) is 5.02 Å². The maximum Gasteiger partial charge on any atom is 0.147 e. The van der Waals surface area contributed by atoms with Crippen LogP contribution in [0.25, 0.3) is 0 Å². The summed E-state index contributed by atoms with van der Waals surface area (Å²) in [6.07, 6.45) is 9.54. The Balaban J connectivity index is 1.43. The van der Waals surface area contributed by atoms with Crippen molar-refractivity contribution >= 4 is 40.8 Å². The molecule has 1 aliphatic carbocycles. The van der Waals surface area contributed by atoms with Crippen molar-refractivity contribution in [2.24, 2.45) is 11.1 Å². The van der Waals surface area contributed by atoms with E-state index in [9.17, 15) is 0 Å². The number of hydrogen-bond donors (Lipinski definition) is 3. The largest absolute Gasteiger partial charge is 0.384 e. The lowest BCUT2D eigenvalue weighted by atomic mass is 9.74. The number of aromatic nitrogens is 3. The molecule has 0 radical (unpaired) electrons. The molecule has 1 aliphatic heterocycles. The number of halogens is 1. The molecule has 2 aromatic rings. The molecule has 0 unspecified atom stereocenters. The van der Waals surface area contributed by atoms with Gasteiger partial charge in [0.1, 0.15) is 22.5 Å². The summed E-state index contributed by atoms with van der Waals surface area (Å²) in [6, 6.07) is 2.04. The lowest BCUT2D eigenvalue weighted by molar-refractivity contribution is 0.197. The van der Waals surface area contributed by atoms with Crippen molar-refractivity contribution in [2.45, 2.75) is 48.1 Å². The van der Waals surface area contributed by atoms with Crippen molar-refractivity contribution in [2.75, 3.05) is 29.5 Å². The number of anilines is 3. The molecule has 144 valence electrons. The van der Waals surface area contributed by atoms with Gasteiger partial charge in [0.15, 0.2) is 0 Å². The summed E-state index contributed by atoms with van der Waals surface area (Å²) in [7, 11) is 0. The number of pyridine rings is 1. The highest BCUT2D eigenvalue weighted by molar-refractivity contribution is 7.99. The molecule has 7 nitrogen and oxygen atoms in total. The minimum Gasteiger partial charge on any atom is -0.384 e. The van der Waals surface area contributed by atoms with Gasteiger partial charge in [-0.2, -0.15) is 0 Å². The van der Waals surface area contributed by atoms with E-state index in [0.29, 0.717) is 22.3 Å². The van der Waals surface area contributed by atoms with E-state index < -0.39 is 0 Å². The Bertz CT molecular complexity index is 821. The third-order valence-corrected chi connectivity index (χ3v) is 7.33. The monoisotopic (exact) mass is 405 g/mol. The smallest absolute Gasteiger partial charge is 0.147 e. The molecule has 3 heterocycles. The van der Waals surface area contributed by atoms with E-state index >= 15 is 0 Å². The molecular weight excluding hydrogens is 382 g/mol. The summed E-state index contributed by atoms with van der Waals surface area (Å²) < 4.78 is 0. The Kier molecular flexibility index (Phi) is 5.05. The van der Waals surface area contributed by atoms with Crippen LogP contribution in [-0.2, 0) is 0 Å². The molecule has 1 atom stereocenters. The van der Waals surface area contributed by atoms with Crippen LogP contribution in [0.15, 0.2) is 28.4 Å². The second kappa shape index (κ2) is 7.33. The Morgan fingerprint density at radius 3 is 2.56 bits per heavy atom. The van der Waals surface area contributed by atoms with E-state index in [1.165, 1.54) is 24.6 Å². The van der Waals surface area contributed by atoms with Gasteiger partial charge in [-0.3, -0.25) is 0 Å². The number of nitrogens with two attached hydrogens (primary N) is 3. The van der Waals surface area contributed by atoms with Crippen molar-refractivity contribution < 1.29 is 0 Å². The fraction of sp³-hybridized carbons (Fsp3) is 0.500. The van der Waals surface area contributed by atoms with Crippen molar-refractivity contribution in [3.63, 3.8) is 0 Å². The minimum absolute atomic E-state index is 0.219. The third kappa shape index (κ3) is 3.66. The second-order valence-corrected chi connectivity index (χ2v) is 8.85. The molecule has 2 aromatic heterocycles. The normalized spacial score (nSPS) is 21.7. The second-order valence-electron chi connectivity index (χ2n) is 7.41. The van der Waals surface area contributed by atoms with Gasteiger partial charge in [0.25, 0.3) is 0 Å². The zero-order valence-electron chi connectivity index (χ0n) is 15.1. The van der Waals surface area contributed by atoms with Crippen molar-refractivity contribution in [3.8, 4) is 0 Å². The fourth-order valence-corrected chi connectivity index (χ4v) is 5.25. The van der Waals surface area contributed by atoms with Crippen LogP contribution in [0.3, 0.4) is 0 Å². The molecule has 2 fully saturated rings. The molecule has 0 bridgehead atoms. The van der Waals surface area contributed by atoms with Gasteiger partial charge >= 0.3 is 0 Å². The predicted octanol–water partition coefficient (Wildman–Crippen LogP) is 2.94. The summed E-state index contributed by atoms with van der Waals surface area (Å²) in [6.45, 7) is 1.97. The van der Waals surface area contributed by atoms with E-state index in [2.05, 4.69) is 19.9 Å². The van der Waals surface area contributed by atoms with Gasteiger partial charge in [-0.1, -0.05) is 29.8 Å². The summed E-state index contributed by atoms with van der Waals surface area (Å²) in [5, 5.41) is 1.12. The van der Waals surface area contributed by atoms with Crippen LogP contribution in [0.4, 0.5) is 17.5 Å². The average Bonchev–Trinajstić information content (AvgIpc) is 3.01. The molecule has 6 N–H and O–H groups in total. The topological polar surface area (TPSA) is 120 Å². The van der Waals surface area contributed by atoms with E-state index in [1.54, 1.807) is 12.3 Å². The molecule has 4 rings (SSSR count). The lowest BCUT2D eigenvalue weighted by Crippen LogP contribution is -2.47. The molecular formula is C18H24ClN7S. The SMILES string of the molecule is Nc1cc(Sc2cnc(N3CCC4(CCC[C@H]4N)CC3)cn2)c(Cl)c(N)n1. The standard InChI is InChI=1S/C18H24ClN7S/c19-16-11(8-13(21)25-17(16)22)27-15-10-23-14(9-24-15)26-6-4-18(5-7-26)3-1-2-12(18)20/h8-10,12H,1-7,20H2,(H4,21,22,25)/t12-/m1/s1. The van der Waals surface area contributed by atoms with Crippen LogP contribution in [0, 0.1) is 5.41 Å². The quantitative estimate of drug-likeness (QED) is 0.712. The highest BCUT2D eigenvalue weighted by Crippen LogP contribution is 2.45. The molecule has 1 saturated carbocycles. The number of nitrogens with zero attached hydrogens (tertiary/aromatic N) is 4. The van der Waals surface area contributed by atoms with Gasteiger partial charge in [0, 0.05) is 24.0 Å². The van der Waals surface area contributed by atoms with Crippen LogP contribution >= 0.6 is 23.4 Å². The molecule has 1 spiro atoms. The van der Waals surface area contributed by atoms with E-state index in [-0.39, 0.29) is 5.82 Å². The first kappa shape index (κ1) is 18.6. The van der Waals surface area contributed by atoms with Gasteiger partial charge in [0.2, 0.25) is 0 Å². The Labute approximate surface area is 168 Å². The average molecular weight is 406 g/mol. The Morgan fingerprint density at radius 1 is 1.15 bits per heavy atom. The summed E-state index contributed by atoms with van der Waals surface area (Å²) in [5.74, 6) is 1.45. The maximum absolute atomic E-state index is 6.37. The maximum atomic E-state index is 6.37. The van der Waals surface area contributed by atoms with Gasteiger partial charge in [-0.05, 0) is 37.2 Å². The van der Waals surface area contributed by atoms with Crippen molar-refractivity contribution in [1.29, 1.82) is 0 Å². The van der Waals surface area contributed by atoms with Crippen LogP contribution in [0.5, 0.6) is 0 Å². The zero-order valence-corrected chi connectivity index (χ0v) is 16.6. The number of rotatable bonds is 3. The predicted molar refractivity (Wildman–Crippen MR) is 110 cm³/mol. The molecule has 1 saturated heterocycles. The van der Waals surface area contributed by atoms with Crippen LogP contribution in [-0.4, -0.2) is 34.1 Å². The zero-order chi connectivity index (χ0) is 19.0.